The molecule has 0 radical (unpaired) electrons. The first-order valence-electron chi connectivity index (χ1n) is 1.77. The van der Waals surface area contributed by atoms with Crippen LogP contribution in [0.4, 0.5) is 0 Å². The number of hydrogen-bond acceptors (Lipinski definition) is 3. The number of aliphatic carboxylic acids is 1. The van der Waals surface area contributed by atoms with Crippen LogP contribution in [0.3, 0.4) is 0 Å². The van der Waals surface area contributed by atoms with Crippen molar-refractivity contribution in [2.45, 2.75) is 6.04 Å². The average molecular weight is 186 g/mol. The minimum Gasteiger partial charge on any atom is -0.480 e. The summed E-state index contributed by atoms with van der Waals surface area (Å²) in [5.74, 6) is -1.18. The first-order chi connectivity index (χ1) is 3.18. The smallest absolute Gasteiger partial charge is 0.322 e. The van der Waals surface area contributed by atoms with Gasteiger partial charge in [-0.2, -0.15) is 0 Å². The number of carbonyl (C=O) groups is 1. The Kier molecular flexibility index (Phi) is 6.76. The van der Waals surface area contributed by atoms with E-state index in [2.05, 4.69) is 0 Å². The molecule has 1 atom stereocenters. The number of carboxylic acids is 1. The van der Waals surface area contributed by atoms with E-state index in [-0.39, 0.29) is 17.0 Å². The fourth-order valence-corrected chi connectivity index (χ4v) is 0.0781. The Balaban J connectivity index is 0. The Morgan fingerprint density at radius 1 is 1.75 bits per heavy atom. The number of carboxylic acid groups (broad SMARTS) is 1. The van der Waals surface area contributed by atoms with Crippen LogP contribution in [0, 0.1) is 0 Å². The van der Waals surface area contributed by atoms with Crippen LogP contribution in [0.5, 0.6) is 0 Å². The number of aliphatic hydroxyl groups excluding tert-OH is 1. The van der Waals surface area contributed by atoms with Crippen molar-refractivity contribution in [1.82, 2.24) is 0 Å². The van der Waals surface area contributed by atoms with E-state index in [9.17, 15) is 4.79 Å². The molecule has 0 aromatic heterocycles. The number of aliphatic hydroxyl groups is 1. The summed E-state index contributed by atoms with van der Waals surface area (Å²) in [7, 11) is 0. The van der Waals surface area contributed by atoms with Crippen molar-refractivity contribution in [2.75, 3.05) is 6.61 Å². The summed E-state index contributed by atoms with van der Waals surface area (Å²) in [4.78, 5) is 9.65. The van der Waals surface area contributed by atoms with Gasteiger partial charge in [0.25, 0.3) is 0 Å². The predicted molar refractivity (Wildman–Crippen MR) is 33.0 cm³/mol. The average Bonchev–Trinajstić information content (AvgIpc) is 1.65. The maximum Gasteiger partial charge on any atom is 0.322 e. The summed E-state index contributed by atoms with van der Waals surface area (Å²) in [6.07, 6.45) is 0. The summed E-state index contributed by atoms with van der Waals surface area (Å²) in [6, 6.07) is -1.13. The van der Waals surface area contributed by atoms with E-state index in [0.29, 0.717) is 0 Å². The second-order valence-electron chi connectivity index (χ2n) is 1.13. The van der Waals surface area contributed by atoms with E-state index >= 15 is 0 Å². The molecule has 0 aromatic rings. The Bertz CT molecular complexity index is 76.9. The number of hydrogen-bond donors (Lipinski definition) is 3. The third kappa shape index (κ3) is 4.04. The topological polar surface area (TPSA) is 83.5 Å². The minimum absolute atomic E-state index is 0. The molecule has 4 N–H and O–H groups in total. The normalized spacial score (nSPS) is 11.8. The van der Waals surface area contributed by atoms with Gasteiger partial charge in [0.1, 0.15) is 6.04 Å². The molecule has 0 saturated heterocycles. The lowest BCUT2D eigenvalue weighted by Gasteiger charge is -1.96. The number of rotatable bonds is 2. The highest BCUT2D eigenvalue weighted by atomic mass is 79.9. The fraction of sp³-hybridized carbons (Fsp3) is 0.667. The molecule has 0 aromatic carbocycles. The SMILES string of the molecule is Br.NC(CO)C(=O)O. The zero-order valence-corrected chi connectivity index (χ0v) is 5.79. The predicted octanol–water partition coefficient (Wildman–Crippen LogP) is -1.03. The van der Waals surface area contributed by atoms with Crippen LogP contribution in [0.15, 0.2) is 0 Å². The molecule has 4 nitrogen and oxygen atoms in total. The van der Waals surface area contributed by atoms with Crippen LogP contribution in [0.1, 0.15) is 0 Å². The van der Waals surface area contributed by atoms with Crippen molar-refractivity contribution in [3.63, 3.8) is 0 Å². The van der Waals surface area contributed by atoms with E-state index in [1.54, 1.807) is 0 Å². The number of halogens is 1. The molecule has 0 rings (SSSR count). The molecule has 0 bridgehead atoms. The van der Waals surface area contributed by atoms with Gasteiger partial charge in [-0.15, -0.1) is 17.0 Å². The lowest BCUT2D eigenvalue weighted by molar-refractivity contribution is -0.139. The van der Waals surface area contributed by atoms with E-state index in [1.165, 1.54) is 0 Å². The highest BCUT2D eigenvalue weighted by molar-refractivity contribution is 8.93. The van der Waals surface area contributed by atoms with Crippen LogP contribution in [-0.2, 0) is 4.79 Å². The molecule has 0 aliphatic rings. The minimum atomic E-state index is -1.18. The van der Waals surface area contributed by atoms with Gasteiger partial charge in [-0.05, 0) is 0 Å². The molecule has 8 heavy (non-hydrogen) atoms. The largest absolute Gasteiger partial charge is 0.480 e. The molecule has 0 heterocycles. The Labute approximate surface area is 57.1 Å². The Morgan fingerprint density at radius 3 is 2.12 bits per heavy atom. The molecule has 0 aliphatic heterocycles. The standard InChI is InChI=1S/C3H7NO3.BrH/c4-2(1-5)3(6)7;/h2,5H,1,4H2,(H,6,7);1H. The third-order valence-electron chi connectivity index (χ3n) is 0.514. The van der Waals surface area contributed by atoms with E-state index in [0.717, 1.165) is 0 Å². The molecule has 0 saturated carbocycles. The zero-order chi connectivity index (χ0) is 5.86. The van der Waals surface area contributed by atoms with Gasteiger partial charge >= 0.3 is 5.97 Å². The summed E-state index contributed by atoms with van der Waals surface area (Å²) in [5.41, 5.74) is 4.77. The van der Waals surface area contributed by atoms with Crippen LogP contribution in [0.25, 0.3) is 0 Å². The lowest BCUT2D eigenvalue weighted by Crippen LogP contribution is -2.33. The highest BCUT2D eigenvalue weighted by Gasteiger charge is 2.06. The maximum atomic E-state index is 9.65. The molecular weight excluding hydrogens is 178 g/mol. The van der Waals surface area contributed by atoms with Crippen molar-refractivity contribution in [3.8, 4) is 0 Å². The lowest BCUT2D eigenvalue weighted by atomic mass is 10.3. The number of nitrogens with two attached hydrogens (primary N) is 1. The van der Waals surface area contributed by atoms with Crippen LogP contribution >= 0.6 is 17.0 Å². The van der Waals surface area contributed by atoms with Crippen molar-refractivity contribution in [1.29, 1.82) is 0 Å². The Hall–Kier alpha value is -0.130. The fourth-order valence-electron chi connectivity index (χ4n) is 0.0781. The molecular formula is C3H8BrNO3. The second kappa shape index (κ2) is 5.02. The molecule has 1 unspecified atom stereocenters. The van der Waals surface area contributed by atoms with Gasteiger partial charge in [0.2, 0.25) is 0 Å². The first-order valence-corrected chi connectivity index (χ1v) is 1.77. The van der Waals surface area contributed by atoms with Gasteiger partial charge in [-0.3, -0.25) is 4.79 Å². The van der Waals surface area contributed by atoms with Crippen molar-refractivity contribution >= 4 is 23.0 Å². The van der Waals surface area contributed by atoms with Gasteiger partial charge in [-0.1, -0.05) is 0 Å². The highest BCUT2D eigenvalue weighted by Crippen LogP contribution is 1.71. The molecule has 0 aliphatic carbocycles. The zero-order valence-electron chi connectivity index (χ0n) is 4.07. The van der Waals surface area contributed by atoms with Gasteiger partial charge < -0.3 is 15.9 Å². The monoisotopic (exact) mass is 185 g/mol. The van der Waals surface area contributed by atoms with E-state index < -0.39 is 18.6 Å². The summed E-state index contributed by atoms with van der Waals surface area (Å²) in [6.45, 7) is -0.505. The Morgan fingerprint density at radius 2 is 2.12 bits per heavy atom. The van der Waals surface area contributed by atoms with Crippen LogP contribution in [0.2, 0.25) is 0 Å². The van der Waals surface area contributed by atoms with Crippen LogP contribution in [-0.4, -0.2) is 28.8 Å². The quantitative estimate of drug-likeness (QED) is 0.514. The van der Waals surface area contributed by atoms with Crippen molar-refractivity contribution < 1.29 is 15.0 Å². The maximum absolute atomic E-state index is 9.65. The molecule has 50 valence electrons. The van der Waals surface area contributed by atoms with Gasteiger partial charge in [0, 0.05) is 0 Å². The summed E-state index contributed by atoms with van der Waals surface area (Å²) in [5, 5.41) is 15.9. The molecule has 0 spiro atoms. The van der Waals surface area contributed by atoms with Gasteiger partial charge in [0.15, 0.2) is 0 Å². The van der Waals surface area contributed by atoms with Gasteiger partial charge in [0.05, 0.1) is 6.61 Å². The van der Waals surface area contributed by atoms with Crippen molar-refractivity contribution in [3.05, 3.63) is 0 Å². The second-order valence-corrected chi connectivity index (χ2v) is 1.13. The van der Waals surface area contributed by atoms with Crippen molar-refractivity contribution in [2.24, 2.45) is 5.73 Å². The van der Waals surface area contributed by atoms with Gasteiger partial charge in [-0.25, -0.2) is 0 Å². The first kappa shape index (κ1) is 10.8. The molecule has 0 fully saturated rings. The molecule has 5 heteroatoms. The third-order valence-corrected chi connectivity index (χ3v) is 0.514. The van der Waals surface area contributed by atoms with E-state index in [4.69, 9.17) is 15.9 Å². The summed E-state index contributed by atoms with van der Waals surface area (Å²) >= 11 is 0. The molecule has 0 amide bonds. The van der Waals surface area contributed by atoms with Crippen LogP contribution < -0.4 is 5.73 Å². The summed E-state index contributed by atoms with van der Waals surface area (Å²) < 4.78 is 0. The van der Waals surface area contributed by atoms with E-state index in [1.807, 2.05) is 0 Å².